The highest BCUT2D eigenvalue weighted by molar-refractivity contribution is 5.59. The van der Waals surface area contributed by atoms with Crippen molar-refractivity contribution < 1.29 is 29.5 Å². The van der Waals surface area contributed by atoms with Gasteiger partial charge in [-0.1, -0.05) is 218 Å². The molecule has 0 radical (unpaired) electrons. The third-order valence-corrected chi connectivity index (χ3v) is 23.2. The zero-order valence-corrected chi connectivity index (χ0v) is 64.7. The number of benzene rings is 3. The van der Waals surface area contributed by atoms with Crippen LogP contribution >= 0.6 is 0 Å². The average molecular weight is 1280 g/mol. The summed E-state index contributed by atoms with van der Waals surface area (Å²) in [5, 5.41) is 30.9. The fraction of sp³-hybridized carbons (Fsp3) is 0.791. The predicted molar refractivity (Wildman–Crippen MR) is 398 cm³/mol. The molecule has 0 aliphatic carbocycles. The first kappa shape index (κ1) is 80.9. The first-order chi connectivity index (χ1) is 43.2. The van der Waals surface area contributed by atoms with Crippen molar-refractivity contribution in [2.24, 2.45) is 53.3 Å². The maximum absolute atomic E-state index is 10.4. The monoisotopic (exact) mass is 1280 g/mol. The number of hydrogen-bond acceptors (Lipinski definition) is 6. The minimum absolute atomic E-state index is 0.0637. The van der Waals surface area contributed by atoms with Crippen molar-refractivity contribution in [1.82, 2.24) is 0 Å². The van der Waals surface area contributed by atoms with Gasteiger partial charge in [-0.2, -0.15) is 0 Å². The largest absolute Gasteiger partial charge is 0.508 e. The van der Waals surface area contributed by atoms with Crippen molar-refractivity contribution in [1.29, 1.82) is 0 Å². The Labute approximate surface area is 569 Å². The van der Waals surface area contributed by atoms with E-state index in [-0.39, 0.29) is 16.8 Å². The van der Waals surface area contributed by atoms with Gasteiger partial charge < -0.3 is 29.5 Å². The Kier molecular flexibility index (Phi) is 34.3. The van der Waals surface area contributed by atoms with Crippen LogP contribution in [0, 0.1) is 109 Å². The normalized spacial score (nSPS) is 20.5. The average Bonchev–Trinajstić information content (AvgIpc) is 1.04. The standard InChI is InChI=1S/2C29H50O2.C28H48O2/c2*1-20(2)12-9-13-21(3)14-10-15-22(4)16-11-18-29(8)19-17-26-25(7)27(30)23(5)24(6)28(26)31-29;1-20(2)11-8-12-21(3)13-9-14-22(4)15-10-17-28(7)18-16-25-19-26(29)23(5)24(6)27(25)30-28/h2*20-22,30H,9-19H2,1-8H3;19-22,29H,8-18H2,1-7H3/t21-,22-,29-;;21-,22-,28-/m1.1/s1. The van der Waals surface area contributed by atoms with Gasteiger partial charge in [0.2, 0.25) is 0 Å². The minimum atomic E-state index is -0.0712. The molecule has 3 heterocycles. The zero-order valence-electron chi connectivity index (χ0n) is 64.7. The van der Waals surface area contributed by atoms with Crippen LogP contribution < -0.4 is 14.2 Å². The second kappa shape index (κ2) is 39.0. The molecule has 6 heteroatoms. The van der Waals surface area contributed by atoms with Gasteiger partial charge in [-0.05, 0) is 263 Å². The number of fused-ring (bicyclic) bond motifs is 3. The van der Waals surface area contributed by atoms with E-state index in [9.17, 15) is 15.3 Å². The summed E-state index contributed by atoms with van der Waals surface area (Å²) in [6.45, 7) is 51.7. The van der Waals surface area contributed by atoms with Crippen molar-refractivity contribution in [2.45, 2.75) is 388 Å². The van der Waals surface area contributed by atoms with E-state index in [1.807, 2.05) is 40.7 Å². The molecule has 9 atom stereocenters. The number of phenolic OH excluding ortho intramolecular Hbond substituents is 3. The molecule has 3 unspecified atom stereocenters. The molecular weight excluding hydrogens is 1130 g/mol. The van der Waals surface area contributed by atoms with Gasteiger partial charge in [0, 0.05) is 11.1 Å². The molecule has 6 rings (SSSR count). The van der Waals surface area contributed by atoms with Gasteiger partial charge in [0.15, 0.2) is 0 Å². The Morgan fingerprint density at radius 3 is 0.859 bits per heavy atom. The summed E-state index contributed by atoms with van der Waals surface area (Å²) >= 11 is 0. The Balaban J connectivity index is 0.000000294. The van der Waals surface area contributed by atoms with Crippen LogP contribution in [0.25, 0.3) is 0 Å². The van der Waals surface area contributed by atoms with E-state index in [1.54, 1.807) is 0 Å². The molecule has 3 aromatic rings. The molecule has 6 nitrogen and oxygen atoms in total. The lowest BCUT2D eigenvalue weighted by Gasteiger charge is -2.38. The minimum Gasteiger partial charge on any atom is -0.508 e. The summed E-state index contributed by atoms with van der Waals surface area (Å²) in [6.07, 6.45) is 42.2. The van der Waals surface area contributed by atoms with E-state index < -0.39 is 0 Å². The molecular formula is C86H148O6. The van der Waals surface area contributed by atoms with E-state index in [2.05, 4.69) is 125 Å². The smallest absolute Gasteiger partial charge is 0.127 e. The molecule has 92 heavy (non-hydrogen) atoms. The Bertz CT molecular complexity index is 2520. The molecule has 0 fully saturated rings. The molecule has 0 aromatic heterocycles. The summed E-state index contributed by atoms with van der Waals surface area (Å²) in [7, 11) is 0. The summed E-state index contributed by atoms with van der Waals surface area (Å²) in [5.41, 5.74) is 11.6. The van der Waals surface area contributed by atoms with Crippen molar-refractivity contribution in [2.75, 3.05) is 0 Å². The maximum atomic E-state index is 10.4. The second-order valence-electron chi connectivity index (χ2n) is 33.9. The molecule has 0 saturated carbocycles. The molecule has 528 valence electrons. The lowest BCUT2D eigenvalue weighted by atomic mass is 9.84. The van der Waals surface area contributed by atoms with Crippen LogP contribution in [0.5, 0.6) is 34.5 Å². The molecule has 3 aromatic carbocycles. The number of aryl methyl sites for hydroxylation is 1. The van der Waals surface area contributed by atoms with Gasteiger partial charge in [0.25, 0.3) is 0 Å². The Morgan fingerprint density at radius 1 is 0.315 bits per heavy atom. The predicted octanol–water partition coefficient (Wildman–Crippen LogP) is 26.2. The maximum Gasteiger partial charge on any atom is 0.127 e. The number of aromatic hydroxyl groups is 3. The van der Waals surface area contributed by atoms with E-state index >= 15 is 0 Å². The van der Waals surface area contributed by atoms with E-state index in [0.717, 1.165) is 173 Å². The SMILES string of the molecule is Cc1c(C)c2c(c(C)c1O)CCC(C)(CCCC(C)CCCC(C)CCCC(C)C)O2.Cc1c(C)c2c(c(C)c1O)CC[C@@](C)(CCC[C@H](C)CCC[C@H](C)CCCC(C)C)O2.Cc1c(O)cc2c(c1C)O[C@](C)(CCC[C@H](C)CCC[C@H](C)CCCC(C)C)CC2. The molecule has 0 amide bonds. The van der Waals surface area contributed by atoms with Crippen LogP contribution in [-0.2, 0) is 19.3 Å². The number of phenols is 3. The van der Waals surface area contributed by atoms with Crippen molar-refractivity contribution in [3.63, 3.8) is 0 Å². The van der Waals surface area contributed by atoms with Crippen molar-refractivity contribution in [3.05, 3.63) is 67.3 Å². The van der Waals surface area contributed by atoms with Gasteiger partial charge in [0.05, 0.1) is 0 Å². The summed E-state index contributed by atoms with van der Waals surface area (Å²) in [4.78, 5) is 0. The van der Waals surface area contributed by atoms with E-state index in [1.165, 1.54) is 171 Å². The number of rotatable bonds is 36. The molecule has 0 saturated heterocycles. The van der Waals surface area contributed by atoms with Crippen molar-refractivity contribution >= 4 is 0 Å². The Hall–Kier alpha value is -3.54. The number of ether oxygens (including phenoxy) is 3. The summed E-state index contributed by atoms with van der Waals surface area (Å²) in [6, 6.07) is 1.91. The van der Waals surface area contributed by atoms with Crippen LogP contribution in [-0.4, -0.2) is 32.1 Å². The lowest BCUT2D eigenvalue weighted by molar-refractivity contribution is 0.0509. The molecule has 0 bridgehead atoms. The Morgan fingerprint density at radius 2 is 0.565 bits per heavy atom. The quantitative estimate of drug-likeness (QED) is 0.0538. The van der Waals surface area contributed by atoms with Gasteiger partial charge in [-0.15, -0.1) is 0 Å². The number of hydrogen-bond donors (Lipinski definition) is 3. The molecule has 3 aliphatic heterocycles. The van der Waals surface area contributed by atoms with Crippen LogP contribution in [0.15, 0.2) is 6.07 Å². The van der Waals surface area contributed by atoms with Crippen LogP contribution in [0.2, 0.25) is 0 Å². The highest BCUT2D eigenvalue weighted by Gasteiger charge is 2.37. The van der Waals surface area contributed by atoms with Crippen molar-refractivity contribution in [3.8, 4) is 34.5 Å². The van der Waals surface area contributed by atoms with Crippen LogP contribution in [0.4, 0.5) is 0 Å². The van der Waals surface area contributed by atoms with Gasteiger partial charge in [-0.3, -0.25) is 0 Å². The third-order valence-electron chi connectivity index (χ3n) is 23.2. The summed E-state index contributed by atoms with van der Waals surface area (Å²) in [5.74, 6) is 12.0. The highest BCUT2D eigenvalue weighted by atomic mass is 16.5. The first-order valence-corrected chi connectivity index (χ1v) is 38.7. The van der Waals surface area contributed by atoms with Crippen LogP contribution in [0.1, 0.15) is 358 Å². The molecule has 3 aliphatic rings. The highest BCUT2D eigenvalue weighted by Crippen LogP contribution is 2.47. The zero-order chi connectivity index (χ0) is 68.7. The molecule has 3 N–H and O–H groups in total. The lowest BCUT2D eigenvalue weighted by Crippen LogP contribution is -2.37. The van der Waals surface area contributed by atoms with Gasteiger partial charge >= 0.3 is 0 Å². The van der Waals surface area contributed by atoms with Gasteiger partial charge in [0.1, 0.15) is 51.3 Å². The first-order valence-electron chi connectivity index (χ1n) is 38.7. The molecule has 0 spiro atoms. The fourth-order valence-electron chi connectivity index (χ4n) is 15.5. The van der Waals surface area contributed by atoms with E-state index in [0.29, 0.717) is 17.2 Å². The van der Waals surface area contributed by atoms with E-state index in [4.69, 9.17) is 14.2 Å². The fourth-order valence-corrected chi connectivity index (χ4v) is 15.5. The van der Waals surface area contributed by atoms with Gasteiger partial charge in [-0.25, -0.2) is 0 Å². The third kappa shape index (κ3) is 26.5. The van der Waals surface area contributed by atoms with Crippen LogP contribution in [0.3, 0.4) is 0 Å². The topological polar surface area (TPSA) is 88.4 Å². The second-order valence-corrected chi connectivity index (χ2v) is 33.9. The summed E-state index contributed by atoms with van der Waals surface area (Å²) < 4.78 is 19.7.